The van der Waals surface area contributed by atoms with E-state index in [-0.39, 0.29) is 42.1 Å². The van der Waals surface area contributed by atoms with Crippen LogP contribution in [-0.2, 0) is 19.1 Å². The Hall–Kier alpha value is -2.30. The number of thioether (sulfide) groups is 1. The van der Waals surface area contributed by atoms with Crippen LogP contribution < -0.4 is 10.6 Å². The van der Waals surface area contributed by atoms with E-state index in [1.807, 2.05) is 0 Å². The third-order valence-electron chi connectivity index (χ3n) is 4.02. The number of carbonyl (C=O) groups excluding carboxylic acids is 5. The van der Waals surface area contributed by atoms with Crippen LogP contribution in [-0.4, -0.2) is 83.4 Å². The van der Waals surface area contributed by atoms with Crippen molar-refractivity contribution in [3.8, 4) is 0 Å². The third-order valence-corrected chi connectivity index (χ3v) is 4.88. The van der Waals surface area contributed by atoms with Gasteiger partial charge in [-0.3, -0.25) is 24.1 Å². The normalized spacial score (nSPS) is 18.0. The summed E-state index contributed by atoms with van der Waals surface area (Å²) in [6.07, 6.45) is 0.691. The average Bonchev–Trinajstić information content (AvgIpc) is 2.94. The highest BCUT2D eigenvalue weighted by atomic mass is 32.2. The second kappa shape index (κ2) is 9.41. The van der Waals surface area contributed by atoms with Crippen molar-refractivity contribution in [3.05, 3.63) is 0 Å². The lowest BCUT2D eigenvalue weighted by Gasteiger charge is -2.31. The first kappa shape index (κ1) is 20.0. The lowest BCUT2D eigenvalue weighted by molar-refractivity contribution is -0.139. The standard InChI is InChI=1S/C15H22N4O6S/c1-2-25-14(23)18-6-3-10(4-7-18)17-13(22)12(21)16-5-8-19-11(20)9-26-15(19)24/h10H,2-9H2,1H3,(H,16,21)(H,17,22). The van der Waals surface area contributed by atoms with Gasteiger partial charge in [0.05, 0.1) is 12.4 Å². The first-order valence-electron chi connectivity index (χ1n) is 8.40. The van der Waals surface area contributed by atoms with Crippen LogP contribution in [0.25, 0.3) is 0 Å². The molecule has 11 heteroatoms. The SMILES string of the molecule is CCOC(=O)N1CCC(NC(=O)C(=O)NCCN2C(=O)CSC2=O)CC1. The van der Waals surface area contributed by atoms with Crippen LogP contribution in [0.2, 0.25) is 0 Å². The van der Waals surface area contributed by atoms with Gasteiger partial charge in [-0.1, -0.05) is 11.8 Å². The Bertz CT molecular complexity index is 575. The van der Waals surface area contributed by atoms with Crippen LogP contribution in [0.1, 0.15) is 19.8 Å². The zero-order valence-electron chi connectivity index (χ0n) is 14.5. The molecule has 0 radical (unpaired) electrons. The number of nitrogens with zero attached hydrogens (tertiary/aromatic N) is 2. The van der Waals surface area contributed by atoms with Crippen LogP contribution in [0.15, 0.2) is 0 Å². The molecule has 0 saturated carbocycles. The van der Waals surface area contributed by atoms with Crippen molar-refractivity contribution in [1.82, 2.24) is 20.4 Å². The highest BCUT2D eigenvalue weighted by Crippen LogP contribution is 2.17. The van der Waals surface area contributed by atoms with Gasteiger partial charge in [0.25, 0.3) is 5.24 Å². The molecule has 0 spiro atoms. The quantitative estimate of drug-likeness (QED) is 0.612. The van der Waals surface area contributed by atoms with Gasteiger partial charge in [0.1, 0.15) is 0 Å². The predicted molar refractivity (Wildman–Crippen MR) is 92.3 cm³/mol. The van der Waals surface area contributed by atoms with E-state index in [0.29, 0.717) is 32.5 Å². The molecule has 2 N–H and O–H groups in total. The maximum Gasteiger partial charge on any atom is 0.409 e. The summed E-state index contributed by atoms with van der Waals surface area (Å²) in [5.41, 5.74) is 0. The van der Waals surface area contributed by atoms with Crippen LogP contribution >= 0.6 is 11.8 Å². The Labute approximate surface area is 155 Å². The molecule has 5 amide bonds. The molecule has 2 rings (SSSR count). The van der Waals surface area contributed by atoms with Gasteiger partial charge in [-0.2, -0.15) is 0 Å². The van der Waals surface area contributed by atoms with Crippen LogP contribution in [0.3, 0.4) is 0 Å². The molecule has 2 aliphatic heterocycles. The topological polar surface area (TPSA) is 125 Å². The Morgan fingerprint density at radius 2 is 1.88 bits per heavy atom. The van der Waals surface area contributed by atoms with E-state index in [9.17, 15) is 24.0 Å². The van der Waals surface area contributed by atoms with Crippen molar-refractivity contribution in [2.24, 2.45) is 0 Å². The van der Waals surface area contributed by atoms with Gasteiger partial charge in [0.2, 0.25) is 5.91 Å². The average molecular weight is 386 g/mol. The second-order valence-electron chi connectivity index (χ2n) is 5.79. The molecule has 0 atom stereocenters. The summed E-state index contributed by atoms with van der Waals surface area (Å²) < 4.78 is 4.92. The van der Waals surface area contributed by atoms with Gasteiger partial charge in [-0.25, -0.2) is 4.79 Å². The lowest BCUT2D eigenvalue weighted by Crippen LogP contribution is -2.50. The van der Waals surface area contributed by atoms with Crippen LogP contribution in [0, 0.1) is 0 Å². The molecule has 0 unspecified atom stereocenters. The molecule has 2 aliphatic rings. The minimum absolute atomic E-state index is 0.0194. The molecule has 0 aliphatic carbocycles. The molecule has 0 aromatic heterocycles. The van der Waals surface area contributed by atoms with Crippen molar-refractivity contribution < 1.29 is 28.7 Å². The lowest BCUT2D eigenvalue weighted by atomic mass is 10.1. The van der Waals surface area contributed by atoms with Gasteiger partial charge in [0.15, 0.2) is 0 Å². The van der Waals surface area contributed by atoms with Crippen LogP contribution in [0.4, 0.5) is 9.59 Å². The molecule has 2 heterocycles. The Morgan fingerprint density at radius 1 is 1.19 bits per heavy atom. The van der Waals surface area contributed by atoms with Crippen molar-refractivity contribution in [3.63, 3.8) is 0 Å². The van der Waals surface area contributed by atoms with Gasteiger partial charge in [-0.05, 0) is 19.8 Å². The largest absolute Gasteiger partial charge is 0.450 e. The van der Waals surface area contributed by atoms with E-state index in [4.69, 9.17) is 4.74 Å². The molecule has 2 fully saturated rings. The monoisotopic (exact) mass is 386 g/mol. The van der Waals surface area contributed by atoms with E-state index >= 15 is 0 Å². The maximum absolute atomic E-state index is 11.9. The molecular weight excluding hydrogens is 364 g/mol. The van der Waals surface area contributed by atoms with Crippen molar-refractivity contribution in [2.75, 3.05) is 38.5 Å². The Morgan fingerprint density at radius 3 is 2.46 bits per heavy atom. The number of amides is 5. The van der Waals surface area contributed by atoms with E-state index < -0.39 is 11.8 Å². The fraction of sp³-hybridized carbons (Fsp3) is 0.667. The number of piperidine rings is 1. The van der Waals surface area contributed by atoms with E-state index in [0.717, 1.165) is 16.7 Å². The number of imide groups is 1. The minimum Gasteiger partial charge on any atom is -0.450 e. The zero-order valence-corrected chi connectivity index (χ0v) is 15.3. The van der Waals surface area contributed by atoms with Gasteiger partial charge < -0.3 is 20.3 Å². The number of likely N-dealkylation sites (tertiary alicyclic amines) is 1. The zero-order chi connectivity index (χ0) is 19.1. The maximum atomic E-state index is 11.9. The highest BCUT2D eigenvalue weighted by Gasteiger charge is 2.30. The number of hydrogen-bond donors (Lipinski definition) is 2. The molecule has 26 heavy (non-hydrogen) atoms. The first-order chi connectivity index (χ1) is 12.4. The summed E-state index contributed by atoms with van der Waals surface area (Å²) >= 11 is 0.916. The number of ether oxygens (including phenoxy) is 1. The molecule has 0 bridgehead atoms. The molecule has 10 nitrogen and oxygen atoms in total. The Kier molecular flexibility index (Phi) is 7.25. The summed E-state index contributed by atoms with van der Waals surface area (Å²) in [5, 5.41) is 4.67. The third kappa shape index (κ3) is 5.35. The molecule has 0 aromatic rings. The fourth-order valence-electron chi connectivity index (χ4n) is 2.63. The highest BCUT2D eigenvalue weighted by molar-refractivity contribution is 8.14. The van der Waals surface area contributed by atoms with E-state index in [1.165, 1.54) is 0 Å². The summed E-state index contributed by atoms with van der Waals surface area (Å²) in [5.74, 6) is -1.78. The fourth-order valence-corrected chi connectivity index (χ4v) is 3.38. The van der Waals surface area contributed by atoms with Gasteiger partial charge >= 0.3 is 17.9 Å². The van der Waals surface area contributed by atoms with E-state index in [1.54, 1.807) is 11.8 Å². The van der Waals surface area contributed by atoms with Crippen molar-refractivity contribution in [2.45, 2.75) is 25.8 Å². The minimum atomic E-state index is -0.815. The molecule has 0 aromatic carbocycles. The number of carbonyl (C=O) groups is 5. The number of nitrogens with one attached hydrogen (secondary N) is 2. The van der Waals surface area contributed by atoms with Crippen LogP contribution in [0.5, 0.6) is 0 Å². The second-order valence-corrected chi connectivity index (χ2v) is 6.72. The van der Waals surface area contributed by atoms with E-state index in [2.05, 4.69) is 10.6 Å². The molecule has 144 valence electrons. The predicted octanol–water partition coefficient (Wildman–Crippen LogP) is -0.465. The van der Waals surface area contributed by atoms with Gasteiger partial charge in [-0.15, -0.1) is 0 Å². The summed E-state index contributed by atoms with van der Waals surface area (Å²) in [6.45, 7) is 3.00. The van der Waals surface area contributed by atoms with Gasteiger partial charge in [0, 0.05) is 32.2 Å². The smallest absolute Gasteiger partial charge is 0.409 e. The molecular formula is C15H22N4O6S. The summed E-state index contributed by atoms with van der Waals surface area (Å²) in [6, 6.07) is -0.197. The Balaban J connectivity index is 1.66. The summed E-state index contributed by atoms with van der Waals surface area (Å²) in [7, 11) is 0. The van der Waals surface area contributed by atoms with Crippen molar-refractivity contribution in [1.29, 1.82) is 0 Å². The first-order valence-corrected chi connectivity index (χ1v) is 9.38. The molecule has 2 saturated heterocycles. The summed E-state index contributed by atoms with van der Waals surface area (Å²) in [4.78, 5) is 60.8. The van der Waals surface area contributed by atoms with Crippen molar-refractivity contribution >= 4 is 40.8 Å². The number of rotatable bonds is 5. The number of hydrogen-bond acceptors (Lipinski definition) is 7.